The summed E-state index contributed by atoms with van der Waals surface area (Å²) in [5.74, 6) is 2.06. The topological polar surface area (TPSA) is 61.9 Å². The minimum atomic E-state index is -0.0688. The second-order valence-corrected chi connectivity index (χ2v) is 9.39. The Hall–Kier alpha value is -2.08. The number of rotatable bonds is 9. The molecule has 3 rings (SSSR count). The van der Waals surface area contributed by atoms with Gasteiger partial charge in [-0.2, -0.15) is 0 Å². The van der Waals surface area contributed by atoms with Crippen LogP contribution in [0.5, 0.6) is 5.75 Å². The van der Waals surface area contributed by atoms with E-state index in [0.717, 1.165) is 51.2 Å². The van der Waals surface area contributed by atoms with Crippen molar-refractivity contribution in [3.63, 3.8) is 0 Å². The second-order valence-electron chi connectivity index (χ2n) is 9.39. The van der Waals surface area contributed by atoms with Gasteiger partial charge in [-0.3, -0.25) is 14.5 Å². The summed E-state index contributed by atoms with van der Waals surface area (Å²) in [7, 11) is 1.67. The number of carbonyl (C=O) groups excluding carboxylic acids is 2. The summed E-state index contributed by atoms with van der Waals surface area (Å²) in [5.41, 5.74) is 1.19. The lowest BCUT2D eigenvalue weighted by Gasteiger charge is -2.41. The lowest BCUT2D eigenvalue weighted by Crippen LogP contribution is -2.58. The van der Waals surface area contributed by atoms with E-state index < -0.39 is 0 Å². The summed E-state index contributed by atoms with van der Waals surface area (Å²) < 4.78 is 5.21. The van der Waals surface area contributed by atoms with E-state index in [2.05, 4.69) is 24.1 Å². The van der Waals surface area contributed by atoms with Gasteiger partial charge in [0.15, 0.2) is 0 Å². The average Bonchev–Trinajstić information content (AvgIpc) is 3.28. The van der Waals surface area contributed by atoms with Gasteiger partial charge >= 0.3 is 0 Å². The van der Waals surface area contributed by atoms with Crippen LogP contribution in [0.15, 0.2) is 24.3 Å². The Morgan fingerprint density at radius 3 is 2.29 bits per heavy atom. The van der Waals surface area contributed by atoms with Crippen molar-refractivity contribution in [2.24, 2.45) is 11.8 Å². The summed E-state index contributed by atoms with van der Waals surface area (Å²) in [4.78, 5) is 29.9. The number of carbonyl (C=O) groups is 2. The molecular formula is C25H39N3O3. The third-order valence-corrected chi connectivity index (χ3v) is 6.63. The fourth-order valence-corrected chi connectivity index (χ4v) is 4.91. The molecule has 0 aromatic heterocycles. The van der Waals surface area contributed by atoms with Gasteiger partial charge in [-0.25, -0.2) is 0 Å². The molecule has 1 heterocycles. The Morgan fingerprint density at radius 2 is 1.71 bits per heavy atom. The van der Waals surface area contributed by atoms with Crippen LogP contribution >= 0.6 is 0 Å². The third-order valence-electron chi connectivity index (χ3n) is 6.63. The smallest absolute Gasteiger partial charge is 0.237 e. The van der Waals surface area contributed by atoms with E-state index in [1.165, 1.54) is 18.4 Å². The fourth-order valence-electron chi connectivity index (χ4n) is 4.91. The Kier molecular flexibility index (Phi) is 8.76. The van der Waals surface area contributed by atoms with Crippen LogP contribution in [0.4, 0.5) is 0 Å². The Bertz CT molecular complexity index is 705. The quantitative estimate of drug-likeness (QED) is 0.655. The number of nitrogens with zero attached hydrogens (tertiary/aromatic N) is 2. The van der Waals surface area contributed by atoms with E-state index in [1.54, 1.807) is 7.11 Å². The molecule has 0 unspecified atom stereocenters. The van der Waals surface area contributed by atoms with Gasteiger partial charge in [-0.1, -0.05) is 38.8 Å². The van der Waals surface area contributed by atoms with Gasteiger partial charge in [0.05, 0.1) is 13.2 Å². The molecule has 1 saturated heterocycles. The Labute approximate surface area is 187 Å². The van der Waals surface area contributed by atoms with Crippen molar-refractivity contribution < 1.29 is 14.3 Å². The summed E-state index contributed by atoms with van der Waals surface area (Å²) in [6.45, 7) is 7.85. The molecule has 0 bridgehead atoms. The van der Waals surface area contributed by atoms with Gasteiger partial charge in [0.25, 0.3) is 0 Å². The summed E-state index contributed by atoms with van der Waals surface area (Å²) in [6.07, 6.45) is 6.11. The zero-order valence-corrected chi connectivity index (χ0v) is 19.4. The summed E-state index contributed by atoms with van der Waals surface area (Å²) >= 11 is 0. The molecule has 1 aromatic rings. The van der Waals surface area contributed by atoms with Crippen LogP contribution in [0.1, 0.15) is 51.5 Å². The first-order chi connectivity index (χ1) is 15.0. The molecule has 1 aromatic carbocycles. The molecule has 1 saturated carbocycles. The number of ether oxygens (including phenoxy) is 1. The standard InChI is InChI=1S/C25H39N3O3/c1-19(2)18-23(29)27-14-16-28(17-15-27)24(21-6-4-5-7-21)25(30)26-13-12-20-8-10-22(31-3)11-9-20/h8-11,19,21,24H,4-7,12-18H2,1-3H3,(H,26,30)/t24-/m1/s1. The normalized spacial score (nSPS) is 18.9. The van der Waals surface area contributed by atoms with E-state index in [-0.39, 0.29) is 17.9 Å². The maximum atomic E-state index is 13.2. The zero-order chi connectivity index (χ0) is 22.2. The van der Waals surface area contributed by atoms with Crippen molar-refractivity contribution in [2.45, 2.75) is 58.4 Å². The van der Waals surface area contributed by atoms with Gasteiger partial charge in [-0.15, -0.1) is 0 Å². The number of hydrogen-bond donors (Lipinski definition) is 1. The first-order valence-electron chi connectivity index (χ1n) is 11.9. The molecule has 1 aliphatic heterocycles. The lowest BCUT2D eigenvalue weighted by atomic mass is 9.94. The minimum Gasteiger partial charge on any atom is -0.497 e. The number of nitrogens with one attached hydrogen (secondary N) is 1. The van der Waals surface area contributed by atoms with Crippen molar-refractivity contribution in [3.05, 3.63) is 29.8 Å². The summed E-state index contributed by atoms with van der Waals surface area (Å²) in [6, 6.07) is 7.94. The molecule has 6 heteroatoms. The molecule has 2 amide bonds. The van der Waals surface area contributed by atoms with Crippen LogP contribution in [0.2, 0.25) is 0 Å². The van der Waals surface area contributed by atoms with E-state index in [0.29, 0.717) is 24.8 Å². The van der Waals surface area contributed by atoms with Crippen molar-refractivity contribution in [2.75, 3.05) is 39.8 Å². The Morgan fingerprint density at radius 1 is 1.06 bits per heavy atom. The molecule has 0 radical (unpaired) electrons. The molecule has 172 valence electrons. The highest BCUT2D eigenvalue weighted by atomic mass is 16.5. The Balaban J connectivity index is 1.53. The van der Waals surface area contributed by atoms with Crippen LogP contribution < -0.4 is 10.1 Å². The van der Waals surface area contributed by atoms with Gasteiger partial charge in [-0.05, 0) is 48.8 Å². The van der Waals surface area contributed by atoms with E-state index in [1.807, 2.05) is 29.2 Å². The predicted molar refractivity (Wildman–Crippen MR) is 123 cm³/mol. The third kappa shape index (κ3) is 6.70. The van der Waals surface area contributed by atoms with Crippen molar-refractivity contribution in [1.29, 1.82) is 0 Å². The lowest BCUT2D eigenvalue weighted by molar-refractivity contribution is -0.135. The molecular weight excluding hydrogens is 390 g/mol. The van der Waals surface area contributed by atoms with Crippen molar-refractivity contribution >= 4 is 11.8 Å². The van der Waals surface area contributed by atoms with Crippen LogP contribution in [-0.2, 0) is 16.0 Å². The minimum absolute atomic E-state index is 0.0688. The highest BCUT2D eigenvalue weighted by Gasteiger charge is 2.37. The predicted octanol–water partition coefficient (Wildman–Crippen LogP) is 3.10. The number of benzene rings is 1. The first kappa shape index (κ1) is 23.6. The SMILES string of the molecule is COc1ccc(CCNC(=O)[C@@H](C2CCCC2)N2CCN(C(=O)CC(C)C)CC2)cc1. The van der Waals surface area contributed by atoms with E-state index in [4.69, 9.17) is 4.74 Å². The van der Waals surface area contributed by atoms with Gasteiger partial charge in [0, 0.05) is 39.1 Å². The molecule has 1 aliphatic carbocycles. The average molecular weight is 430 g/mol. The van der Waals surface area contributed by atoms with Crippen LogP contribution in [0, 0.1) is 11.8 Å². The molecule has 6 nitrogen and oxygen atoms in total. The molecule has 2 fully saturated rings. The molecule has 2 aliphatic rings. The molecule has 31 heavy (non-hydrogen) atoms. The van der Waals surface area contributed by atoms with Gasteiger partial charge in [0.2, 0.25) is 11.8 Å². The maximum absolute atomic E-state index is 13.2. The van der Waals surface area contributed by atoms with E-state index >= 15 is 0 Å². The highest BCUT2D eigenvalue weighted by Crippen LogP contribution is 2.31. The van der Waals surface area contributed by atoms with Crippen molar-refractivity contribution in [1.82, 2.24) is 15.1 Å². The fraction of sp³-hybridized carbons (Fsp3) is 0.680. The van der Waals surface area contributed by atoms with Gasteiger partial charge in [0.1, 0.15) is 5.75 Å². The second kappa shape index (κ2) is 11.5. The molecule has 1 atom stereocenters. The maximum Gasteiger partial charge on any atom is 0.237 e. The zero-order valence-electron chi connectivity index (χ0n) is 19.4. The molecule has 0 spiro atoms. The van der Waals surface area contributed by atoms with E-state index in [9.17, 15) is 9.59 Å². The number of amides is 2. The van der Waals surface area contributed by atoms with Crippen LogP contribution in [0.25, 0.3) is 0 Å². The monoisotopic (exact) mass is 429 g/mol. The number of hydrogen-bond acceptors (Lipinski definition) is 4. The number of methoxy groups -OCH3 is 1. The highest BCUT2D eigenvalue weighted by molar-refractivity contribution is 5.82. The van der Waals surface area contributed by atoms with Gasteiger partial charge < -0.3 is 15.0 Å². The molecule has 1 N–H and O–H groups in total. The number of piperazine rings is 1. The van der Waals surface area contributed by atoms with Crippen molar-refractivity contribution in [3.8, 4) is 5.75 Å². The van der Waals surface area contributed by atoms with Crippen LogP contribution in [-0.4, -0.2) is 67.5 Å². The summed E-state index contributed by atoms with van der Waals surface area (Å²) in [5, 5.41) is 3.20. The first-order valence-corrected chi connectivity index (χ1v) is 11.9. The van der Waals surface area contributed by atoms with Crippen LogP contribution in [0.3, 0.4) is 0 Å². The largest absolute Gasteiger partial charge is 0.497 e.